The van der Waals surface area contributed by atoms with Crippen LogP contribution in [0.4, 0.5) is 0 Å². The van der Waals surface area contributed by atoms with Gasteiger partial charge in [0.15, 0.2) is 0 Å². The molecule has 0 aromatic heterocycles. The van der Waals surface area contributed by atoms with E-state index in [0.717, 1.165) is 12.8 Å². The molecule has 0 bridgehead atoms. The van der Waals surface area contributed by atoms with E-state index in [2.05, 4.69) is 86.7 Å². The predicted molar refractivity (Wildman–Crippen MR) is 95.3 cm³/mol. The zero-order valence-corrected chi connectivity index (χ0v) is 13.0. The van der Waals surface area contributed by atoms with E-state index in [-0.39, 0.29) is 0 Å². The van der Waals surface area contributed by atoms with E-state index in [1.807, 2.05) is 0 Å². The third-order valence-corrected chi connectivity index (χ3v) is 4.11. The van der Waals surface area contributed by atoms with Crippen LogP contribution in [0.3, 0.4) is 0 Å². The van der Waals surface area contributed by atoms with E-state index in [1.54, 1.807) is 0 Å². The molecule has 0 heteroatoms. The minimum atomic E-state index is 0.822. The first-order valence-corrected chi connectivity index (χ1v) is 7.79. The Labute approximate surface area is 133 Å². The van der Waals surface area contributed by atoms with Gasteiger partial charge in [-0.25, -0.2) is 0 Å². The van der Waals surface area contributed by atoms with Crippen LogP contribution in [0.5, 0.6) is 0 Å². The SMILES string of the molecule is [CH2]CC1=CC=C(C)CC1=C(c1ccccc1)c1ccccc1. The largest absolute Gasteiger partial charge is 0.0689 e. The standard InChI is InChI=1S/C22H21/c1-3-18-15-14-17(2)16-21(18)22(19-10-6-4-7-11-19)20-12-8-5-9-13-20/h4-15H,1,3,16H2,2H3. The van der Waals surface area contributed by atoms with E-state index in [1.165, 1.54) is 33.4 Å². The van der Waals surface area contributed by atoms with E-state index < -0.39 is 0 Å². The van der Waals surface area contributed by atoms with Crippen molar-refractivity contribution in [2.75, 3.05) is 0 Å². The topological polar surface area (TPSA) is 0 Å². The fraction of sp³-hybridized carbons (Fsp3) is 0.136. The van der Waals surface area contributed by atoms with Crippen LogP contribution >= 0.6 is 0 Å². The highest BCUT2D eigenvalue weighted by Gasteiger charge is 2.16. The summed E-state index contributed by atoms with van der Waals surface area (Å²) in [6.07, 6.45) is 6.27. The van der Waals surface area contributed by atoms with Crippen LogP contribution in [-0.2, 0) is 0 Å². The second kappa shape index (κ2) is 6.62. The maximum absolute atomic E-state index is 4.12. The summed E-state index contributed by atoms with van der Waals surface area (Å²) < 4.78 is 0. The van der Waals surface area contributed by atoms with E-state index in [0.29, 0.717) is 0 Å². The van der Waals surface area contributed by atoms with E-state index >= 15 is 0 Å². The second-order valence-corrected chi connectivity index (χ2v) is 5.72. The molecule has 0 nitrogen and oxygen atoms in total. The molecule has 1 radical (unpaired) electrons. The Bertz CT molecular complexity index is 687. The summed E-state index contributed by atoms with van der Waals surface area (Å²) in [5.41, 5.74) is 8.04. The molecule has 0 aliphatic heterocycles. The molecule has 2 aromatic carbocycles. The zero-order valence-electron chi connectivity index (χ0n) is 13.0. The Morgan fingerprint density at radius 2 is 1.41 bits per heavy atom. The number of allylic oxidation sites excluding steroid dienone is 5. The first kappa shape index (κ1) is 14.6. The number of benzene rings is 2. The molecule has 0 saturated carbocycles. The Morgan fingerprint density at radius 3 is 1.91 bits per heavy atom. The lowest BCUT2D eigenvalue weighted by atomic mass is 9.83. The lowest BCUT2D eigenvalue weighted by molar-refractivity contribution is 1.05. The molecule has 3 rings (SSSR count). The van der Waals surface area contributed by atoms with Crippen molar-refractivity contribution in [3.8, 4) is 0 Å². The fourth-order valence-electron chi connectivity index (χ4n) is 3.00. The summed E-state index contributed by atoms with van der Waals surface area (Å²) in [5.74, 6) is 0. The Morgan fingerprint density at radius 1 is 0.864 bits per heavy atom. The quantitative estimate of drug-likeness (QED) is 0.650. The van der Waals surface area contributed by atoms with Gasteiger partial charge in [-0.3, -0.25) is 0 Å². The molecule has 0 amide bonds. The minimum absolute atomic E-state index is 0.822. The molecule has 109 valence electrons. The zero-order chi connectivity index (χ0) is 15.4. The molecule has 0 fully saturated rings. The van der Waals surface area contributed by atoms with Crippen LogP contribution < -0.4 is 0 Å². The Hall–Kier alpha value is -2.34. The molecule has 0 spiro atoms. The third kappa shape index (κ3) is 2.96. The maximum atomic E-state index is 4.12. The van der Waals surface area contributed by atoms with Crippen molar-refractivity contribution in [3.05, 3.63) is 108 Å². The van der Waals surface area contributed by atoms with Crippen LogP contribution in [0.1, 0.15) is 30.9 Å². The maximum Gasteiger partial charge on any atom is -0.00576 e. The molecule has 2 aromatic rings. The predicted octanol–water partition coefficient (Wildman–Crippen LogP) is 5.99. The van der Waals surface area contributed by atoms with Gasteiger partial charge in [0, 0.05) is 0 Å². The minimum Gasteiger partial charge on any atom is -0.0689 e. The monoisotopic (exact) mass is 285 g/mol. The van der Waals surface area contributed by atoms with E-state index in [9.17, 15) is 0 Å². The highest BCUT2D eigenvalue weighted by molar-refractivity contribution is 5.85. The summed E-state index contributed by atoms with van der Waals surface area (Å²) in [6, 6.07) is 21.4. The van der Waals surface area contributed by atoms with E-state index in [4.69, 9.17) is 0 Å². The van der Waals surface area contributed by atoms with Gasteiger partial charge in [-0.05, 0) is 54.5 Å². The summed E-state index contributed by atoms with van der Waals surface area (Å²) in [4.78, 5) is 0. The van der Waals surface area contributed by atoms with Gasteiger partial charge in [-0.15, -0.1) is 0 Å². The summed E-state index contributed by atoms with van der Waals surface area (Å²) in [7, 11) is 0. The van der Waals surface area contributed by atoms with Gasteiger partial charge in [0.1, 0.15) is 0 Å². The van der Waals surface area contributed by atoms with Crippen molar-refractivity contribution in [2.45, 2.75) is 19.8 Å². The molecule has 1 aliphatic rings. The molecule has 0 saturated heterocycles. The van der Waals surface area contributed by atoms with Gasteiger partial charge in [0.2, 0.25) is 0 Å². The average molecular weight is 285 g/mol. The van der Waals surface area contributed by atoms with Crippen molar-refractivity contribution >= 4 is 5.57 Å². The van der Waals surface area contributed by atoms with Gasteiger partial charge < -0.3 is 0 Å². The molecular formula is C22H21. The molecule has 0 atom stereocenters. The van der Waals surface area contributed by atoms with Gasteiger partial charge >= 0.3 is 0 Å². The summed E-state index contributed by atoms with van der Waals surface area (Å²) in [6.45, 7) is 6.32. The molecular weight excluding hydrogens is 264 g/mol. The highest BCUT2D eigenvalue weighted by atomic mass is 14.2. The molecule has 0 N–H and O–H groups in total. The molecule has 0 unspecified atom stereocenters. The number of hydrogen-bond acceptors (Lipinski definition) is 0. The third-order valence-electron chi connectivity index (χ3n) is 4.11. The van der Waals surface area contributed by atoms with Gasteiger partial charge in [0.25, 0.3) is 0 Å². The van der Waals surface area contributed by atoms with Gasteiger partial charge in [-0.1, -0.05) is 78.4 Å². The van der Waals surface area contributed by atoms with Crippen molar-refractivity contribution in [3.63, 3.8) is 0 Å². The summed E-state index contributed by atoms with van der Waals surface area (Å²) in [5, 5.41) is 0. The lowest BCUT2D eigenvalue weighted by Gasteiger charge is -2.21. The molecule has 1 aliphatic carbocycles. The Kier molecular flexibility index (Phi) is 4.39. The van der Waals surface area contributed by atoms with Gasteiger partial charge in [-0.2, -0.15) is 0 Å². The smallest absolute Gasteiger partial charge is 0.00576 e. The van der Waals surface area contributed by atoms with Gasteiger partial charge in [0.05, 0.1) is 0 Å². The lowest BCUT2D eigenvalue weighted by Crippen LogP contribution is -2.02. The number of hydrogen-bond donors (Lipinski definition) is 0. The highest BCUT2D eigenvalue weighted by Crippen LogP contribution is 2.36. The average Bonchev–Trinajstić information content (AvgIpc) is 2.57. The normalized spacial score (nSPS) is 14.4. The van der Waals surface area contributed by atoms with Crippen molar-refractivity contribution in [2.24, 2.45) is 0 Å². The van der Waals surface area contributed by atoms with Crippen molar-refractivity contribution in [1.29, 1.82) is 0 Å². The van der Waals surface area contributed by atoms with Crippen molar-refractivity contribution < 1.29 is 0 Å². The van der Waals surface area contributed by atoms with Crippen LogP contribution in [-0.4, -0.2) is 0 Å². The fourth-order valence-corrected chi connectivity index (χ4v) is 3.00. The summed E-state index contributed by atoms with van der Waals surface area (Å²) >= 11 is 0. The van der Waals surface area contributed by atoms with Crippen LogP contribution in [0, 0.1) is 6.92 Å². The first-order valence-electron chi connectivity index (χ1n) is 7.79. The van der Waals surface area contributed by atoms with Crippen molar-refractivity contribution in [1.82, 2.24) is 0 Å². The molecule has 22 heavy (non-hydrogen) atoms. The first-order chi connectivity index (χ1) is 10.8. The Balaban J connectivity index is 2.24. The van der Waals surface area contributed by atoms with Crippen LogP contribution in [0.15, 0.2) is 89.5 Å². The second-order valence-electron chi connectivity index (χ2n) is 5.72. The van der Waals surface area contributed by atoms with Crippen LogP contribution in [0.25, 0.3) is 5.57 Å². The van der Waals surface area contributed by atoms with Crippen LogP contribution in [0.2, 0.25) is 0 Å². The number of rotatable bonds is 3. The molecule has 0 heterocycles.